The highest BCUT2D eigenvalue weighted by Gasteiger charge is 2.17. The molecule has 0 radical (unpaired) electrons. The molecular weight excluding hydrogens is 368 g/mol. The van der Waals surface area contributed by atoms with Crippen molar-refractivity contribution in [3.63, 3.8) is 0 Å². The third-order valence-electron chi connectivity index (χ3n) is 5.46. The lowest BCUT2D eigenvalue weighted by Gasteiger charge is -2.32. The molecule has 146 valence electrons. The Labute approximate surface area is 167 Å². The fourth-order valence-electron chi connectivity index (χ4n) is 3.84. The Balaban J connectivity index is 1.44. The van der Waals surface area contributed by atoms with Gasteiger partial charge in [-0.2, -0.15) is 0 Å². The second-order valence-electron chi connectivity index (χ2n) is 7.69. The van der Waals surface area contributed by atoms with Gasteiger partial charge in [-0.3, -0.25) is 0 Å². The van der Waals surface area contributed by atoms with Crippen molar-refractivity contribution < 1.29 is 8.42 Å². The minimum Gasteiger partial charge on any atom is -0.371 e. The first kappa shape index (κ1) is 19.0. The second-order valence-corrected chi connectivity index (χ2v) is 9.46. The Hall–Kier alpha value is -2.37. The van der Waals surface area contributed by atoms with E-state index >= 15 is 0 Å². The monoisotopic (exact) mass is 394 g/mol. The van der Waals surface area contributed by atoms with Crippen molar-refractivity contribution in [3.8, 4) is 0 Å². The number of piperidine rings is 1. The fourth-order valence-corrected chi connectivity index (χ4v) is 4.90. The normalized spacial score (nSPS) is 17.8. The zero-order chi connectivity index (χ0) is 19.6. The van der Waals surface area contributed by atoms with Gasteiger partial charge in [0.2, 0.25) is 10.0 Å². The number of hydrogen-bond donors (Lipinski definition) is 1. The average Bonchev–Trinajstić information content (AvgIpc) is 2.72. The molecule has 4 rings (SSSR count). The van der Waals surface area contributed by atoms with E-state index in [1.165, 1.54) is 18.5 Å². The Morgan fingerprint density at radius 3 is 2.50 bits per heavy atom. The van der Waals surface area contributed by atoms with E-state index in [4.69, 9.17) is 0 Å². The molecule has 0 amide bonds. The first-order chi connectivity index (χ1) is 13.5. The van der Waals surface area contributed by atoms with Gasteiger partial charge in [0.1, 0.15) is 0 Å². The van der Waals surface area contributed by atoms with Crippen molar-refractivity contribution in [2.45, 2.75) is 31.2 Å². The molecule has 4 nitrogen and oxygen atoms in total. The largest absolute Gasteiger partial charge is 0.371 e. The van der Waals surface area contributed by atoms with Gasteiger partial charge in [-0.25, -0.2) is 13.1 Å². The molecule has 1 heterocycles. The second kappa shape index (κ2) is 7.94. The summed E-state index contributed by atoms with van der Waals surface area (Å²) in [6.07, 6.45) is 2.53. The molecule has 1 aliphatic heterocycles. The summed E-state index contributed by atoms with van der Waals surface area (Å²) in [5, 5.41) is 1.95. The Bertz CT molecular complexity index is 1060. The van der Waals surface area contributed by atoms with E-state index in [0.717, 1.165) is 35.3 Å². The van der Waals surface area contributed by atoms with Crippen molar-refractivity contribution in [1.29, 1.82) is 0 Å². The number of nitrogens with one attached hydrogen (secondary N) is 1. The first-order valence-electron chi connectivity index (χ1n) is 9.84. The lowest BCUT2D eigenvalue weighted by Crippen LogP contribution is -2.34. The lowest BCUT2D eigenvalue weighted by atomic mass is 9.99. The highest BCUT2D eigenvalue weighted by atomic mass is 32.2. The third kappa shape index (κ3) is 4.21. The van der Waals surface area contributed by atoms with Gasteiger partial charge in [-0.05, 0) is 59.4 Å². The summed E-state index contributed by atoms with van der Waals surface area (Å²) < 4.78 is 28.1. The molecule has 5 heteroatoms. The molecule has 1 fully saturated rings. The maximum atomic E-state index is 12.7. The quantitative estimate of drug-likeness (QED) is 0.690. The maximum absolute atomic E-state index is 12.7. The van der Waals surface area contributed by atoms with Crippen molar-refractivity contribution in [2.24, 2.45) is 5.92 Å². The fraction of sp³-hybridized carbons (Fsp3) is 0.304. The predicted octanol–water partition coefficient (Wildman–Crippen LogP) is 4.55. The number of nitrogens with zero attached hydrogens (tertiary/aromatic N) is 1. The molecule has 3 aromatic rings. The van der Waals surface area contributed by atoms with Crippen LogP contribution >= 0.6 is 0 Å². The number of anilines is 1. The van der Waals surface area contributed by atoms with E-state index in [1.807, 2.05) is 42.5 Å². The van der Waals surface area contributed by atoms with Gasteiger partial charge >= 0.3 is 0 Å². The van der Waals surface area contributed by atoms with E-state index in [0.29, 0.717) is 4.90 Å². The van der Waals surface area contributed by atoms with Crippen LogP contribution < -0.4 is 9.62 Å². The molecule has 28 heavy (non-hydrogen) atoms. The SMILES string of the molecule is C[C@H]1CCCN(c2ccc(CNS(=O)(=O)c3ccc4ccccc4c3)cc2)C1. The molecule has 0 bridgehead atoms. The highest BCUT2D eigenvalue weighted by Crippen LogP contribution is 2.23. The molecule has 1 atom stereocenters. The Morgan fingerprint density at radius 1 is 1.00 bits per heavy atom. The van der Waals surface area contributed by atoms with Gasteiger partial charge in [0.15, 0.2) is 0 Å². The summed E-state index contributed by atoms with van der Waals surface area (Å²) in [7, 11) is -3.55. The van der Waals surface area contributed by atoms with Crippen LogP contribution in [0.25, 0.3) is 10.8 Å². The molecule has 1 saturated heterocycles. The summed E-state index contributed by atoms with van der Waals surface area (Å²) in [5.74, 6) is 0.724. The van der Waals surface area contributed by atoms with Crippen LogP contribution in [0, 0.1) is 5.92 Å². The van der Waals surface area contributed by atoms with Crippen LogP contribution in [0.2, 0.25) is 0 Å². The van der Waals surface area contributed by atoms with Crippen LogP contribution in [0.15, 0.2) is 71.6 Å². The predicted molar refractivity (Wildman–Crippen MR) is 115 cm³/mol. The van der Waals surface area contributed by atoms with Crippen LogP contribution in [-0.4, -0.2) is 21.5 Å². The summed E-state index contributed by atoms with van der Waals surface area (Å²) in [5.41, 5.74) is 2.17. The van der Waals surface area contributed by atoms with Crippen molar-refractivity contribution >= 4 is 26.5 Å². The first-order valence-corrected chi connectivity index (χ1v) is 11.3. The summed E-state index contributed by atoms with van der Waals surface area (Å²) in [4.78, 5) is 2.71. The smallest absolute Gasteiger partial charge is 0.240 e. The number of benzene rings is 3. The Morgan fingerprint density at radius 2 is 1.75 bits per heavy atom. The third-order valence-corrected chi connectivity index (χ3v) is 6.85. The van der Waals surface area contributed by atoms with E-state index in [2.05, 4.69) is 28.7 Å². The molecule has 0 aliphatic carbocycles. The topological polar surface area (TPSA) is 49.4 Å². The minimum atomic E-state index is -3.55. The van der Waals surface area contributed by atoms with Gasteiger partial charge in [0, 0.05) is 25.3 Å². The number of fused-ring (bicyclic) bond motifs is 1. The van der Waals surface area contributed by atoms with Crippen molar-refractivity contribution in [2.75, 3.05) is 18.0 Å². The van der Waals surface area contributed by atoms with Crippen LogP contribution in [0.5, 0.6) is 0 Å². The Kier molecular flexibility index (Phi) is 5.38. The van der Waals surface area contributed by atoms with Gasteiger partial charge in [0.25, 0.3) is 0 Å². The molecule has 3 aromatic carbocycles. The van der Waals surface area contributed by atoms with Gasteiger partial charge in [-0.15, -0.1) is 0 Å². The summed E-state index contributed by atoms with van der Waals surface area (Å²) in [6, 6.07) is 21.2. The molecule has 0 aromatic heterocycles. The minimum absolute atomic E-state index is 0.284. The summed E-state index contributed by atoms with van der Waals surface area (Å²) in [6.45, 7) is 4.76. The van der Waals surface area contributed by atoms with E-state index in [-0.39, 0.29) is 6.54 Å². The van der Waals surface area contributed by atoms with Crippen LogP contribution in [-0.2, 0) is 16.6 Å². The molecule has 1 aliphatic rings. The molecule has 0 spiro atoms. The molecular formula is C23H26N2O2S. The lowest BCUT2D eigenvalue weighted by molar-refractivity contribution is 0.447. The van der Waals surface area contributed by atoms with E-state index in [9.17, 15) is 8.42 Å². The van der Waals surface area contributed by atoms with Crippen molar-refractivity contribution in [1.82, 2.24) is 4.72 Å². The molecule has 0 unspecified atom stereocenters. The van der Waals surface area contributed by atoms with E-state index in [1.54, 1.807) is 12.1 Å². The van der Waals surface area contributed by atoms with E-state index < -0.39 is 10.0 Å². The summed E-state index contributed by atoms with van der Waals surface area (Å²) >= 11 is 0. The van der Waals surface area contributed by atoms with Gasteiger partial charge in [0.05, 0.1) is 4.90 Å². The average molecular weight is 395 g/mol. The van der Waals surface area contributed by atoms with Gasteiger partial charge < -0.3 is 4.90 Å². The molecule has 0 saturated carbocycles. The van der Waals surface area contributed by atoms with Crippen LogP contribution in [0.1, 0.15) is 25.3 Å². The standard InChI is InChI=1S/C23H26N2O2S/c1-18-5-4-14-25(17-18)22-11-8-19(9-12-22)16-24-28(26,27)23-13-10-20-6-2-3-7-21(20)15-23/h2-3,6-13,15,18,24H,4-5,14,16-17H2,1H3/t18-/m0/s1. The maximum Gasteiger partial charge on any atom is 0.240 e. The zero-order valence-corrected chi connectivity index (χ0v) is 17.0. The molecule has 1 N–H and O–H groups in total. The number of rotatable bonds is 5. The zero-order valence-electron chi connectivity index (χ0n) is 16.1. The van der Waals surface area contributed by atoms with Crippen LogP contribution in [0.3, 0.4) is 0 Å². The van der Waals surface area contributed by atoms with Gasteiger partial charge in [-0.1, -0.05) is 49.4 Å². The number of hydrogen-bond acceptors (Lipinski definition) is 3. The highest BCUT2D eigenvalue weighted by molar-refractivity contribution is 7.89. The van der Waals surface area contributed by atoms with Crippen molar-refractivity contribution in [3.05, 3.63) is 72.3 Å². The number of sulfonamides is 1. The van der Waals surface area contributed by atoms with Crippen LogP contribution in [0.4, 0.5) is 5.69 Å².